The standard InChI is InChI=1S/C6H14N2O2/c1-5(6(9)10)8-4-2-3-7/h5,8H,2-4,7H2,1H3,(H,9,10). The van der Waals surface area contributed by atoms with Gasteiger partial charge in [-0.1, -0.05) is 0 Å². The smallest absolute Gasteiger partial charge is 0.320 e. The van der Waals surface area contributed by atoms with Crippen LogP contribution in [0.25, 0.3) is 0 Å². The van der Waals surface area contributed by atoms with Gasteiger partial charge < -0.3 is 16.2 Å². The Hall–Kier alpha value is -0.610. The van der Waals surface area contributed by atoms with E-state index in [1.807, 2.05) is 0 Å². The number of aliphatic carboxylic acids is 1. The van der Waals surface area contributed by atoms with E-state index in [1.165, 1.54) is 0 Å². The van der Waals surface area contributed by atoms with E-state index in [0.29, 0.717) is 13.1 Å². The minimum atomic E-state index is -0.822. The second-order valence-corrected chi connectivity index (χ2v) is 2.16. The minimum absolute atomic E-state index is 0.466. The van der Waals surface area contributed by atoms with Crippen LogP contribution in [-0.2, 0) is 4.79 Å². The van der Waals surface area contributed by atoms with Crippen LogP contribution in [-0.4, -0.2) is 30.2 Å². The molecule has 0 aromatic heterocycles. The molecule has 0 heterocycles. The molecule has 0 aromatic carbocycles. The fraction of sp³-hybridized carbons (Fsp3) is 0.833. The van der Waals surface area contributed by atoms with Crippen molar-refractivity contribution in [2.75, 3.05) is 13.1 Å². The molecule has 0 aliphatic heterocycles. The third kappa shape index (κ3) is 4.29. The fourth-order valence-corrected chi connectivity index (χ4v) is 0.508. The van der Waals surface area contributed by atoms with E-state index in [1.54, 1.807) is 6.92 Å². The molecule has 0 rings (SSSR count). The number of carbonyl (C=O) groups is 1. The Morgan fingerprint density at radius 3 is 2.80 bits per heavy atom. The highest BCUT2D eigenvalue weighted by Gasteiger charge is 2.07. The molecule has 1 atom stereocenters. The molecule has 0 aliphatic rings. The van der Waals surface area contributed by atoms with Crippen LogP contribution in [0.5, 0.6) is 0 Å². The van der Waals surface area contributed by atoms with Gasteiger partial charge in [-0.25, -0.2) is 0 Å². The van der Waals surface area contributed by atoms with Crippen molar-refractivity contribution in [1.29, 1.82) is 0 Å². The van der Waals surface area contributed by atoms with Gasteiger partial charge in [0.2, 0.25) is 0 Å². The predicted octanol–water partition coefficient (Wildman–Crippen LogP) is -0.602. The number of carboxylic acid groups (broad SMARTS) is 1. The largest absolute Gasteiger partial charge is 0.480 e. The first-order valence-electron chi connectivity index (χ1n) is 3.34. The summed E-state index contributed by atoms with van der Waals surface area (Å²) in [5.41, 5.74) is 5.20. The molecule has 1 unspecified atom stereocenters. The van der Waals surface area contributed by atoms with Crippen LogP contribution in [0.15, 0.2) is 0 Å². The molecule has 60 valence electrons. The van der Waals surface area contributed by atoms with E-state index in [9.17, 15) is 4.79 Å². The number of rotatable bonds is 5. The summed E-state index contributed by atoms with van der Waals surface area (Å²) in [5, 5.41) is 11.2. The van der Waals surface area contributed by atoms with Crippen molar-refractivity contribution in [3.05, 3.63) is 0 Å². The summed E-state index contributed by atoms with van der Waals surface area (Å²) in [5.74, 6) is -0.822. The Morgan fingerprint density at radius 1 is 1.80 bits per heavy atom. The quantitative estimate of drug-likeness (QED) is 0.453. The van der Waals surface area contributed by atoms with Crippen LogP contribution >= 0.6 is 0 Å². The molecule has 0 aromatic rings. The summed E-state index contributed by atoms with van der Waals surface area (Å²) >= 11 is 0. The molecule has 0 saturated heterocycles. The summed E-state index contributed by atoms with van der Waals surface area (Å²) < 4.78 is 0. The summed E-state index contributed by atoms with van der Waals surface area (Å²) in [4.78, 5) is 10.2. The monoisotopic (exact) mass is 146 g/mol. The van der Waals surface area contributed by atoms with Gasteiger partial charge in [-0.15, -0.1) is 0 Å². The Morgan fingerprint density at radius 2 is 2.40 bits per heavy atom. The van der Waals surface area contributed by atoms with Crippen LogP contribution in [0, 0.1) is 0 Å². The lowest BCUT2D eigenvalue weighted by Gasteiger charge is -2.06. The molecule has 0 spiro atoms. The van der Waals surface area contributed by atoms with E-state index in [4.69, 9.17) is 10.8 Å². The molecule has 4 nitrogen and oxygen atoms in total. The van der Waals surface area contributed by atoms with Crippen molar-refractivity contribution in [3.8, 4) is 0 Å². The molecule has 10 heavy (non-hydrogen) atoms. The molecular formula is C6H14N2O2. The van der Waals surface area contributed by atoms with Gasteiger partial charge in [0.25, 0.3) is 0 Å². The SMILES string of the molecule is CC(NCCCN)C(=O)O. The Labute approximate surface area is 60.4 Å². The van der Waals surface area contributed by atoms with E-state index in [2.05, 4.69) is 5.32 Å². The molecule has 0 aliphatic carbocycles. The van der Waals surface area contributed by atoms with Crippen LogP contribution in [0.3, 0.4) is 0 Å². The summed E-state index contributed by atoms with van der Waals surface area (Å²) in [7, 11) is 0. The maximum Gasteiger partial charge on any atom is 0.320 e. The first-order valence-corrected chi connectivity index (χ1v) is 3.34. The normalized spacial score (nSPS) is 13.0. The molecular weight excluding hydrogens is 132 g/mol. The van der Waals surface area contributed by atoms with E-state index in [-0.39, 0.29) is 0 Å². The second-order valence-electron chi connectivity index (χ2n) is 2.16. The van der Waals surface area contributed by atoms with Gasteiger partial charge in [0, 0.05) is 0 Å². The van der Waals surface area contributed by atoms with Crippen LogP contribution < -0.4 is 11.1 Å². The first-order chi connectivity index (χ1) is 4.68. The van der Waals surface area contributed by atoms with Crippen molar-refractivity contribution < 1.29 is 9.90 Å². The van der Waals surface area contributed by atoms with Crippen LogP contribution in [0.4, 0.5) is 0 Å². The average molecular weight is 146 g/mol. The number of nitrogens with one attached hydrogen (secondary N) is 1. The van der Waals surface area contributed by atoms with Gasteiger partial charge in [-0.05, 0) is 26.4 Å². The zero-order valence-electron chi connectivity index (χ0n) is 6.13. The van der Waals surface area contributed by atoms with Gasteiger partial charge in [-0.3, -0.25) is 4.79 Å². The number of carboxylic acids is 1. The Kier molecular flexibility index (Phi) is 4.88. The molecule has 0 fully saturated rings. The highest BCUT2D eigenvalue weighted by molar-refractivity contribution is 5.72. The maximum atomic E-state index is 10.2. The topological polar surface area (TPSA) is 75.3 Å². The van der Waals surface area contributed by atoms with Crippen molar-refractivity contribution in [2.24, 2.45) is 5.73 Å². The zero-order valence-corrected chi connectivity index (χ0v) is 6.13. The lowest BCUT2D eigenvalue weighted by Crippen LogP contribution is -2.34. The Bertz CT molecular complexity index is 106. The average Bonchev–Trinajstić information content (AvgIpc) is 1.88. The third-order valence-corrected chi connectivity index (χ3v) is 1.20. The van der Waals surface area contributed by atoms with E-state index >= 15 is 0 Å². The molecule has 0 saturated carbocycles. The van der Waals surface area contributed by atoms with Crippen LogP contribution in [0.2, 0.25) is 0 Å². The highest BCUT2D eigenvalue weighted by atomic mass is 16.4. The molecule has 0 amide bonds. The summed E-state index contributed by atoms with van der Waals surface area (Å²) in [6.45, 7) is 2.88. The van der Waals surface area contributed by atoms with Crippen molar-refractivity contribution in [1.82, 2.24) is 5.32 Å². The zero-order chi connectivity index (χ0) is 7.98. The second kappa shape index (κ2) is 5.20. The van der Waals surface area contributed by atoms with Crippen molar-refractivity contribution >= 4 is 5.97 Å². The van der Waals surface area contributed by atoms with Gasteiger partial charge in [0.1, 0.15) is 6.04 Å². The molecule has 4 heteroatoms. The van der Waals surface area contributed by atoms with E-state index < -0.39 is 12.0 Å². The van der Waals surface area contributed by atoms with Crippen molar-refractivity contribution in [3.63, 3.8) is 0 Å². The fourth-order valence-electron chi connectivity index (χ4n) is 0.508. The maximum absolute atomic E-state index is 10.2. The number of hydrogen-bond acceptors (Lipinski definition) is 3. The third-order valence-electron chi connectivity index (χ3n) is 1.20. The number of hydrogen-bond donors (Lipinski definition) is 3. The van der Waals surface area contributed by atoms with Crippen LogP contribution in [0.1, 0.15) is 13.3 Å². The minimum Gasteiger partial charge on any atom is -0.480 e. The van der Waals surface area contributed by atoms with Gasteiger partial charge in [-0.2, -0.15) is 0 Å². The van der Waals surface area contributed by atoms with Gasteiger partial charge in [0.15, 0.2) is 0 Å². The highest BCUT2D eigenvalue weighted by Crippen LogP contribution is 1.80. The number of nitrogens with two attached hydrogens (primary N) is 1. The van der Waals surface area contributed by atoms with Gasteiger partial charge in [0.05, 0.1) is 0 Å². The lowest BCUT2D eigenvalue weighted by molar-refractivity contribution is -0.138. The molecule has 0 bridgehead atoms. The molecule has 4 N–H and O–H groups in total. The Balaban J connectivity index is 3.21. The van der Waals surface area contributed by atoms with E-state index in [0.717, 1.165) is 6.42 Å². The summed E-state index contributed by atoms with van der Waals surface area (Å²) in [6, 6.07) is -0.466. The summed E-state index contributed by atoms with van der Waals surface area (Å²) in [6.07, 6.45) is 0.817. The van der Waals surface area contributed by atoms with Gasteiger partial charge >= 0.3 is 5.97 Å². The molecule has 0 radical (unpaired) electrons. The lowest BCUT2D eigenvalue weighted by atomic mass is 10.3. The first kappa shape index (κ1) is 9.39. The van der Waals surface area contributed by atoms with Crippen molar-refractivity contribution in [2.45, 2.75) is 19.4 Å². The predicted molar refractivity (Wildman–Crippen MR) is 38.8 cm³/mol.